The number of carbonyl (C=O) groups is 1. The van der Waals surface area contributed by atoms with E-state index in [0.29, 0.717) is 13.0 Å². The zero-order valence-corrected chi connectivity index (χ0v) is 50.9. The first-order valence-electron chi connectivity index (χ1n) is 31.8. The van der Waals surface area contributed by atoms with E-state index in [1.165, 1.54) is 38.5 Å². The third-order valence-electron chi connectivity index (χ3n) is 14.2. The van der Waals surface area contributed by atoms with Crippen molar-refractivity contribution in [3.8, 4) is 0 Å². The lowest BCUT2D eigenvalue weighted by molar-refractivity contribution is -0.332. The molecule has 0 aromatic heterocycles. The van der Waals surface area contributed by atoms with Crippen LogP contribution < -0.4 is 0 Å². The van der Waals surface area contributed by atoms with Crippen molar-refractivity contribution in [3.63, 3.8) is 0 Å². The Morgan fingerprint density at radius 3 is 1.17 bits per heavy atom. The minimum Gasteiger partial charge on any atom is -0.457 e. The van der Waals surface area contributed by atoms with Gasteiger partial charge in [-0.1, -0.05) is 212 Å². The summed E-state index contributed by atoms with van der Waals surface area (Å²) in [5.74, 6) is -0.396. The van der Waals surface area contributed by atoms with E-state index < -0.39 is 86.7 Å². The molecule has 0 radical (unpaired) electrons. The van der Waals surface area contributed by atoms with Crippen molar-refractivity contribution >= 4 is 5.97 Å². The molecule has 7 N–H and O–H groups in total. The molecule has 2 aliphatic heterocycles. The SMILES string of the molecule is CC/C=C\C/C=C\C/C=C\C/C=C\C/C=C\C/C=C\C/C=C\CCCCCCOCC(COC1OC(COC2OC(CO)C(O)C(O)C2O)C(O)C(O)C1O)OC(=O)CCCCCCCCCCCC/C=C\C/C=C\C/C=C\C/C=C\CC. The second-order valence-corrected chi connectivity index (χ2v) is 21.5. The van der Waals surface area contributed by atoms with Crippen molar-refractivity contribution in [1.29, 1.82) is 0 Å². The molecule has 0 aliphatic carbocycles. The number of unbranched alkanes of at least 4 members (excludes halogenated alkanes) is 14. The second-order valence-electron chi connectivity index (χ2n) is 21.5. The Bertz CT molecular complexity index is 1880. The van der Waals surface area contributed by atoms with Crippen molar-refractivity contribution in [2.45, 2.75) is 261 Å². The average molecular weight is 1170 g/mol. The molecule has 2 rings (SSSR count). The summed E-state index contributed by atoms with van der Waals surface area (Å²) < 4.78 is 34.4. The summed E-state index contributed by atoms with van der Waals surface area (Å²) in [5.41, 5.74) is 0. The predicted molar refractivity (Wildman–Crippen MR) is 334 cm³/mol. The first-order chi connectivity index (χ1) is 40.6. The highest BCUT2D eigenvalue weighted by molar-refractivity contribution is 5.69. The maximum absolute atomic E-state index is 13.1. The largest absolute Gasteiger partial charge is 0.457 e. The molecule has 2 heterocycles. The maximum atomic E-state index is 13.1. The van der Waals surface area contributed by atoms with Gasteiger partial charge in [0, 0.05) is 13.0 Å². The van der Waals surface area contributed by atoms with Crippen molar-refractivity contribution in [3.05, 3.63) is 134 Å². The van der Waals surface area contributed by atoms with E-state index in [4.69, 9.17) is 28.4 Å². The van der Waals surface area contributed by atoms with E-state index in [-0.39, 0.29) is 19.6 Å². The normalized spacial score (nSPS) is 24.3. The Morgan fingerprint density at radius 1 is 0.398 bits per heavy atom. The number of rotatable bonds is 50. The van der Waals surface area contributed by atoms with Crippen molar-refractivity contribution < 1.29 is 69.0 Å². The van der Waals surface area contributed by atoms with Crippen LogP contribution in [0.2, 0.25) is 0 Å². The maximum Gasteiger partial charge on any atom is 0.306 e. The Morgan fingerprint density at radius 2 is 0.747 bits per heavy atom. The van der Waals surface area contributed by atoms with Gasteiger partial charge in [-0.3, -0.25) is 4.79 Å². The van der Waals surface area contributed by atoms with Crippen LogP contribution in [0.15, 0.2) is 134 Å². The quantitative estimate of drug-likeness (QED) is 0.0172. The number of allylic oxidation sites excluding steroid dienone is 22. The topological polar surface area (TPSA) is 214 Å². The smallest absolute Gasteiger partial charge is 0.306 e. The number of aliphatic hydroxyl groups is 7. The first kappa shape index (κ1) is 75.2. The van der Waals surface area contributed by atoms with Crippen LogP contribution in [-0.4, -0.2) is 142 Å². The van der Waals surface area contributed by atoms with Gasteiger partial charge in [-0.2, -0.15) is 0 Å². The van der Waals surface area contributed by atoms with Gasteiger partial charge < -0.3 is 64.2 Å². The third-order valence-corrected chi connectivity index (χ3v) is 14.2. The highest BCUT2D eigenvalue weighted by Gasteiger charge is 2.47. The monoisotopic (exact) mass is 1160 g/mol. The Labute approximate surface area is 500 Å². The number of esters is 1. The van der Waals surface area contributed by atoms with Crippen LogP contribution in [0.1, 0.15) is 194 Å². The van der Waals surface area contributed by atoms with Crippen LogP contribution in [0, 0.1) is 0 Å². The average Bonchev–Trinajstić information content (AvgIpc) is 3.69. The molecular formula is C69H112O14. The first-order valence-corrected chi connectivity index (χ1v) is 31.8. The van der Waals surface area contributed by atoms with Crippen molar-refractivity contribution in [2.24, 2.45) is 0 Å². The van der Waals surface area contributed by atoms with Crippen LogP contribution >= 0.6 is 0 Å². The zero-order valence-electron chi connectivity index (χ0n) is 50.9. The third kappa shape index (κ3) is 39.5. The molecule has 14 nitrogen and oxygen atoms in total. The highest BCUT2D eigenvalue weighted by atomic mass is 16.7. The molecule has 0 saturated carbocycles. The summed E-state index contributed by atoms with van der Waals surface area (Å²) in [7, 11) is 0. The van der Waals surface area contributed by atoms with Gasteiger partial charge in [-0.05, 0) is 109 Å². The molecule has 472 valence electrons. The second kappa shape index (κ2) is 53.6. The summed E-state index contributed by atoms with van der Waals surface area (Å²) in [4.78, 5) is 13.1. The Hall–Kier alpha value is -3.87. The number of hydrogen-bond donors (Lipinski definition) is 7. The fourth-order valence-electron chi connectivity index (χ4n) is 9.14. The van der Waals surface area contributed by atoms with E-state index in [1.54, 1.807) is 0 Å². The lowest BCUT2D eigenvalue weighted by Crippen LogP contribution is -2.61. The number of hydrogen-bond acceptors (Lipinski definition) is 14. The van der Waals surface area contributed by atoms with Crippen LogP contribution in [0.25, 0.3) is 0 Å². The van der Waals surface area contributed by atoms with E-state index >= 15 is 0 Å². The molecule has 0 aromatic rings. The summed E-state index contributed by atoms with van der Waals surface area (Å²) in [5, 5.41) is 72.5. The van der Waals surface area contributed by atoms with Gasteiger partial charge in [0.15, 0.2) is 12.6 Å². The fraction of sp³-hybridized carbons (Fsp3) is 0.667. The molecule has 2 aliphatic rings. The molecule has 0 bridgehead atoms. The minimum absolute atomic E-state index is 0.0329. The van der Waals surface area contributed by atoms with Gasteiger partial charge in [0.25, 0.3) is 0 Å². The van der Waals surface area contributed by atoms with E-state index in [1.807, 2.05) is 0 Å². The Balaban J connectivity index is 1.71. The van der Waals surface area contributed by atoms with Crippen LogP contribution in [0.3, 0.4) is 0 Å². The molecule has 11 unspecified atom stereocenters. The van der Waals surface area contributed by atoms with Crippen molar-refractivity contribution in [2.75, 3.05) is 33.0 Å². The number of aliphatic hydroxyl groups excluding tert-OH is 7. The van der Waals surface area contributed by atoms with Gasteiger partial charge >= 0.3 is 5.97 Å². The van der Waals surface area contributed by atoms with Crippen LogP contribution in [-0.2, 0) is 33.2 Å². The summed E-state index contributed by atoms with van der Waals surface area (Å²) >= 11 is 0. The van der Waals surface area contributed by atoms with E-state index in [0.717, 1.165) is 128 Å². The molecular weight excluding hydrogens is 1050 g/mol. The van der Waals surface area contributed by atoms with Crippen LogP contribution in [0.5, 0.6) is 0 Å². The Kier molecular flexibility index (Phi) is 48.6. The molecule has 0 aromatic carbocycles. The van der Waals surface area contributed by atoms with Crippen molar-refractivity contribution in [1.82, 2.24) is 0 Å². The number of ether oxygens (including phenoxy) is 6. The molecule has 0 amide bonds. The summed E-state index contributed by atoms with van der Waals surface area (Å²) in [6, 6.07) is 0. The molecule has 2 saturated heterocycles. The van der Waals surface area contributed by atoms with Gasteiger partial charge in [-0.15, -0.1) is 0 Å². The standard InChI is InChI=1S/C69H112O14/c1-3-5-7-9-11-13-15-17-19-21-23-25-27-28-29-31-33-35-37-39-41-43-45-47-49-51-53-78-55-58(56-79-68-67(77)65(75)63(73)60(83-68)57-80-69-66(76)64(74)62(72)59(54-70)82-69)81-61(71)52-50-48-46-44-42-40-38-36-34-32-30-26-24-22-20-18-16-14-12-10-8-6-4-2/h5-8,11-14,17-20,23-26,28-29,33,35,39,41,58-60,62-70,72-77H,3-4,9-10,15-16,21-22,27,30-32,34,36-38,40,42-57H2,1-2H3/b7-5-,8-6-,13-11-,14-12-,19-17-,20-18-,25-23-,26-24-,29-28-,35-33-,41-39-. The molecule has 2 fully saturated rings. The van der Waals surface area contributed by atoms with Crippen LogP contribution in [0.4, 0.5) is 0 Å². The summed E-state index contributed by atoms with van der Waals surface area (Å²) in [6.07, 6.45) is 60.8. The van der Waals surface area contributed by atoms with Gasteiger partial charge in [-0.25, -0.2) is 0 Å². The van der Waals surface area contributed by atoms with Gasteiger partial charge in [0.2, 0.25) is 0 Å². The predicted octanol–water partition coefficient (Wildman–Crippen LogP) is 12.6. The fourth-order valence-corrected chi connectivity index (χ4v) is 9.14. The van der Waals surface area contributed by atoms with E-state index in [2.05, 4.69) is 148 Å². The molecule has 83 heavy (non-hydrogen) atoms. The molecule has 14 heteroatoms. The molecule has 0 spiro atoms. The molecule has 11 atom stereocenters. The van der Waals surface area contributed by atoms with E-state index in [9.17, 15) is 40.5 Å². The number of carbonyl (C=O) groups excluding carboxylic acids is 1. The lowest BCUT2D eigenvalue weighted by Gasteiger charge is -2.42. The van der Waals surface area contributed by atoms with Gasteiger partial charge in [0.05, 0.1) is 26.4 Å². The minimum atomic E-state index is -1.72. The zero-order chi connectivity index (χ0) is 60.1. The van der Waals surface area contributed by atoms with Gasteiger partial charge in [0.1, 0.15) is 54.9 Å². The lowest BCUT2D eigenvalue weighted by atomic mass is 9.98. The summed E-state index contributed by atoms with van der Waals surface area (Å²) in [6.45, 7) is 3.38. The highest BCUT2D eigenvalue weighted by Crippen LogP contribution is 2.27.